The van der Waals surface area contributed by atoms with Crippen LogP contribution in [0, 0.1) is 0 Å². The van der Waals surface area contributed by atoms with Crippen LogP contribution >= 0.6 is 0 Å². The summed E-state index contributed by atoms with van der Waals surface area (Å²) in [4.78, 5) is 24.2. The molecule has 0 saturated heterocycles. The maximum atomic E-state index is 12.1. The van der Waals surface area contributed by atoms with Crippen molar-refractivity contribution in [3.05, 3.63) is 96.1 Å². The van der Waals surface area contributed by atoms with Gasteiger partial charge in [-0.1, -0.05) is 24.3 Å². The minimum Gasteiger partial charge on any atom is -0.497 e. The Labute approximate surface area is 187 Å². The van der Waals surface area contributed by atoms with Crippen LogP contribution in [0.4, 0.5) is 11.4 Å². The summed E-state index contributed by atoms with van der Waals surface area (Å²) < 4.78 is 10.2. The van der Waals surface area contributed by atoms with Crippen molar-refractivity contribution in [3.8, 4) is 11.5 Å². The van der Waals surface area contributed by atoms with E-state index in [1.807, 2.05) is 48.5 Å². The predicted molar refractivity (Wildman–Crippen MR) is 128 cm³/mol. The number of hydrogen-bond donors (Lipinski definition) is 2. The van der Waals surface area contributed by atoms with E-state index in [4.69, 9.17) is 9.47 Å². The van der Waals surface area contributed by atoms with E-state index in [2.05, 4.69) is 10.6 Å². The highest BCUT2D eigenvalue weighted by Crippen LogP contribution is 2.16. The molecule has 0 atom stereocenters. The highest BCUT2D eigenvalue weighted by molar-refractivity contribution is 6.03. The molecule has 3 aromatic rings. The number of methoxy groups -OCH3 is 2. The van der Waals surface area contributed by atoms with Crippen molar-refractivity contribution in [1.82, 2.24) is 0 Å². The second-order valence-electron chi connectivity index (χ2n) is 6.77. The van der Waals surface area contributed by atoms with Gasteiger partial charge in [-0.3, -0.25) is 9.59 Å². The molecule has 0 aliphatic rings. The minimum absolute atomic E-state index is 0.250. The number of rotatable bonds is 8. The van der Waals surface area contributed by atoms with E-state index >= 15 is 0 Å². The van der Waals surface area contributed by atoms with Gasteiger partial charge < -0.3 is 20.1 Å². The van der Waals surface area contributed by atoms with Gasteiger partial charge in [-0.15, -0.1) is 0 Å². The molecule has 0 fully saturated rings. The van der Waals surface area contributed by atoms with Crippen LogP contribution in [-0.2, 0) is 9.59 Å². The lowest BCUT2D eigenvalue weighted by molar-refractivity contribution is -0.112. The third-order valence-corrected chi connectivity index (χ3v) is 4.51. The summed E-state index contributed by atoms with van der Waals surface area (Å²) in [5.41, 5.74) is 3.03. The van der Waals surface area contributed by atoms with Crippen LogP contribution in [0.15, 0.2) is 84.9 Å². The van der Waals surface area contributed by atoms with E-state index < -0.39 is 0 Å². The molecule has 2 N–H and O–H groups in total. The van der Waals surface area contributed by atoms with Gasteiger partial charge in [0, 0.05) is 23.5 Å². The molecule has 0 unspecified atom stereocenters. The number of anilines is 2. The van der Waals surface area contributed by atoms with Crippen molar-refractivity contribution in [2.45, 2.75) is 0 Å². The van der Waals surface area contributed by atoms with Crippen LogP contribution in [0.1, 0.15) is 11.1 Å². The van der Waals surface area contributed by atoms with Gasteiger partial charge in [0.1, 0.15) is 11.5 Å². The Morgan fingerprint density at radius 1 is 0.594 bits per heavy atom. The van der Waals surface area contributed by atoms with Crippen molar-refractivity contribution >= 4 is 35.3 Å². The zero-order chi connectivity index (χ0) is 22.8. The molecular weight excluding hydrogens is 404 g/mol. The molecule has 162 valence electrons. The maximum absolute atomic E-state index is 12.1. The number of carbonyl (C=O) groups excluding carboxylic acids is 2. The summed E-state index contributed by atoms with van der Waals surface area (Å²) in [7, 11) is 3.21. The molecule has 32 heavy (non-hydrogen) atoms. The van der Waals surface area contributed by atoms with Crippen molar-refractivity contribution in [3.63, 3.8) is 0 Å². The Balaban J connectivity index is 1.50. The molecule has 0 radical (unpaired) electrons. The topological polar surface area (TPSA) is 76.7 Å². The zero-order valence-electron chi connectivity index (χ0n) is 17.9. The summed E-state index contributed by atoms with van der Waals surface area (Å²) in [6.45, 7) is 0. The number of amides is 2. The van der Waals surface area contributed by atoms with Gasteiger partial charge in [-0.25, -0.2) is 0 Å². The van der Waals surface area contributed by atoms with Crippen LogP contribution in [0.2, 0.25) is 0 Å². The molecule has 3 aromatic carbocycles. The van der Waals surface area contributed by atoms with E-state index in [1.54, 1.807) is 50.6 Å². The third-order valence-electron chi connectivity index (χ3n) is 4.51. The predicted octanol–water partition coefficient (Wildman–Crippen LogP) is 5.01. The molecule has 0 bridgehead atoms. The molecular formula is C26H24N2O4. The lowest BCUT2D eigenvalue weighted by atomic mass is 10.2. The Kier molecular flexibility index (Phi) is 7.81. The van der Waals surface area contributed by atoms with Gasteiger partial charge in [-0.2, -0.15) is 0 Å². The highest BCUT2D eigenvalue weighted by atomic mass is 16.5. The van der Waals surface area contributed by atoms with Crippen molar-refractivity contribution in [2.75, 3.05) is 24.9 Å². The van der Waals surface area contributed by atoms with Crippen LogP contribution in [-0.4, -0.2) is 26.0 Å². The number of carbonyl (C=O) groups is 2. The van der Waals surface area contributed by atoms with E-state index in [9.17, 15) is 9.59 Å². The fourth-order valence-electron chi connectivity index (χ4n) is 2.78. The normalized spacial score (nSPS) is 10.8. The number of ether oxygens (including phenoxy) is 2. The van der Waals surface area contributed by atoms with Crippen molar-refractivity contribution in [1.29, 1.82) is 0 Å². The van der Waals surface area contributed by atoms with Gasteiger partial charge >= 0.3 is 0 Å². The Morgan fingerprint density at radius 2 is 0.938 bits per heavy atom. The summed E-state index contributed by atoms with van der Waals surface area (Å²) in [5, 5.41) is 5.57. The quantitative estimate of drug-likeness (QED) is 0.495. The summed E-state index contributed by atoms with van der Waals surface area (Å²) >= 11 is 0. The molecule has 0 spiro atoms. The highest BCUT2D eigenvalue weighted by Gasteiger charge is 2.01. The molecule has 3 rings (SSSR count). The van der Waals surface area contributed by atoms with E-state index in [0.717, 1.165) is 22.6 Å². The van der Waals surface area contributed by atoms with Crippen LogP contribution in [0.3, 0.4) is 0 Å². The molecule has 0 heterocycles. The first-order chi connectivity index (χ1) is 15.6. The number of nitrogens with one attached hydrogen (secondary N) is 2. The van der Waals surface area contributed by atoms with E-state index in [0.29, 0.717) is 11.4 Å². The summed E-state index contributed by atoms with van der Waals surface area (Å²) in [5.74, 6) is 1.02. The van der Waals surface area contributed by atoms with Crippen LogP contribution in [0.25, 0.3) is 12.2 Å². The SMILES string of the molecule is COc1ccc(/C=C/C(=O)Nc2ccc(NC(=O)/C=C/c3ccc(OC)cc3)cc2)cc1. The molecule has 2 amide bonds. The lowest BCUT2D eigenvalue weighted by Gasteiger charge is -2.05. The first-order valence-corrected chi connectivity index (χ1v) is 9.92. The Morgan fingerprint density at radius 3 is 1.25 bits per heavy atom. The molecule has 0 aliphatic heterocycles. The molecule has 0 aliphatic carbocycles. The van der Waals surface area contributed by atoms with Gasteiger partial charge in [0.2, 0.25) is 11.8 Å². The smallest absolute Gasteiger partial charge is 0.248 e. The monoisotopic (exact) mass is 428 g/mol. The minimum atomic E-state index is -0.250. The van der Waals surface area contributed by atoms with Gasteiger partial charge in [0.15, 0.2) is 0 Å². The molecule has 0 saturated carbocycles. The fraction of sp³-hybridized carbons (Fsp3) is 0.0769. The second kappa shape index (κ2) is 11.2. The fourth-order valence-corrected chi connectivity index (χ4v) is 2.78. The Bertz CT molecular complexity index is 1010. The number of hydrogen-bond acceptors (Lipinski definition) is 4. The largest absolute Gasteiger partial charge is 0.497 e. The van der Waals surface area contributed by atoms with Gasteiger partial charge in [-0.05, 0) is 71.8 Å². The average molecular weight is 428 g/mol. The van der Waals surface area contributed by atoms with Crippen LogP contribution in [0.5, 0.6) is 11.5 Å². The van der Waals surface area contributed by atoms with Crippen molar-refractivity contribution in [2.24, 2.45) is 0 Å². The second-order valence-corrected chi connectivity index (χ2v) is 6.77. The zero-order valence-corrected chi connectivity index (χ0v) is 17.9. The average Bonchev–Trinajstić information content (AvgIpc) is 2.83. The van der Waals surface area contributed by atoms with Crippen LogP contribution < -0.4 is 20.1 Å². The van der Waals surface area contributed by atoms with Gasteiger partial charge in [0.25, 0.3) is 0 Å². The third kappa shape index (κ3) is 6.88. The summed E-state index contributed by atoms with van der Waals surface area (Å²) in [6, 6.07) is 21.7. The first kappa shape index (κ1) is 22.4. The summed E-state index contributed by atoms with van der Waals surface area (Å²) in [6.07, 6.45) is 6.36. The lowest BCUT2D eigenvalue weighted by Crippen LogP contribution is -2.09. The van der Waals surface area contributed by atoms with Gasteiger partial charge in [0.05, 0.1) is 14.2 Å². The molecule has 6 nitrogen and oxygen atoms in total. The first-order valence-electron chi connectivity index (χ1n) is 9.92. The maximum Gasteiger partial charge on any atom is 0.248 e. The standard InChI is InChI=1S/C26H24N2O4/c1-31-23-13-3-19(4-14-23)7-17-25(29)27-21-9-11-22(12-10-21)28-26(30)18-8-20-5-15-24(32-2)16-6-20/h3-18H,1-2H3,(H,27,29)(H,28,30)/b17-7+,18-8+. The number of benzene rings is 3. The van der Waals surface area contributed by atoms with E-state index in [-0.39, 0.29) is 11.8 Å². The Hall–Kier alpha value is -4.32. The molecule has 0 aromatic heterocycles. The van der Waals surface area contributed by atoms with Crippen molar-refractivity contribution < 1.29 is 19.1 Å². The van der Waals surface area contributed by atoms with E-state index in [1.165, 1.54) is 12.2 Å². The molecule has 6 heteroatoms.